The molecule has 0 spiro atoms. The van der Waals surface area contributed by atoms with E-state index in [1.807, 2.05) is 31.2 Å². The van der Waals surface area contributed by atoms with Crippen LogP contribution in [-0.2, 0) is 0 Å². The van der Waals surface area contributed by atoms with E-state index in [4.69, 9.17) is 0 Å². The third-order valence-electron chi connectivity index (χ3n) is 2.98. The average Bonchev–Trinajstić information content (AvgIpc) is 2.45. The Bertz CT molecular complexity index is 647. The smallest absolute Gasteiger partial charge is 0.260 e. The molecule has 0 radical (unpaired) electrons. The van der Waals surface area contributed by atoms with Crippen molar-refractivity contribution in [1.82, 2.24) is 10.3 Å². The van der Waals surface area contributed by atoms with Crippen LogP contribution >= 0.6 is 0 Å². The molecule has 1 amide bonds. The van der Waals surface area contributed by atoms with Gasteiger partial charge in [0.15, 0.2) is 0 Å². The van der Waals surface area contributed by atoms with Crippen LogP contribution in [0.4, 0.5) is 0 Å². The normalized spacial score (nSPS) is 11.9. The van der Waals surface area contributed by atoms with E-state index >= 15 is 0 Å². The molecule has 0 saturated carbocycles. The lowest BCUT2D eigenvalue weighted by Crippen LogP contribution is -2.32. The van der Waals surface area contributed by atoms with Crippen LogP contribution in [-0.4, -0.2) is 22.5 Å². The van der Waals surface area contributed by atoms with Crippen molar-refractivity contribution in [3.8, 4) is 0 Å². The molecule has 5 nitrogen and oxygen atoms in total. The van der Waals surface area contributed by atoms with Crippen molar-refractivity contribution in [2.24, 2.45) is 0 Å². The van der Waals surface area contributed by atoms with Crippen LogP contribution in [0.5, 0.6) is 0 Å². The Morgan fingerprint density at radius 3 is 2.65 bits per heavy atom. The number of carbonyl (C=O) groups excluding carboxylic acids is 1. The van der Waals surface area contributed by atoms with Gasteiger partial charge < -0.3 is 15.4 Å². The molecule has 0 aliphatic heterocycles. The summed E-state index contributed by atoms with van der Waals surface area (Å²) in [5.41, 5.74) is 1.40. The molecule has 0 fully saturated rings. The Kier molecular flexibility index (Phi) is 4.32. The fraction of sp³-hybridized carbons (Fsp3) is 0.200. The van der Waals surface area contributed by atoms with E-state index in [0.29, 0.717) is 0 Å². The van der Waals surface area contributed by atoms with Crippen molar-refractivity contribution >= 4 is 5.91 Å². The maximum atomic E-state index is 11.8. The molecule has 1 atom stereocenters. The summed E-state index contributed by atoms with van der Waals surface area (Å²) in [6, 6.07) is 10.4. The lowest BCUT2D eigenvalue weighted by molar-refractivity contribution is 0.0915. The van der Waals surface area contributed by atoms with E-state index in [2.05, 4.69) is 10.3 Å². The van der Waals surface area contributed by atoms with Gasteiger partial charge >= 0.3 is 0 Å². The highest BCUT2D eigenvalue weighted by atomic mass is 16.3. The number of rotatable bonds is 4. The monoisotopic (exact) mass is 272 g/mol. The van der Waals surface area contributed by atoms with Crippen molar-refractivity contribution in [3.63, 3.8) is 0 Å². The number of pyridine rings is 1. The van der Waals surface area contributed by atoms with Gasteiger partial charge in [0.05, 0.1) is 6.10 Å². The van der Waals surface area contributed by atoms with Crippen molar-refractivity contribution in [1.29, 1.82) is 0 Å². The summed E-state index contributed by atoms with van der Waals surface area (Å²) in [7, 11) is 0. The van der Waals surface area contributed by atoms with Crippen LogP contribution in [0, 0.1) is 6.92 Å². The van der Waals surface area contributed by atoms with Gasteiger partial charge in [0.2, 0.25) is 0 Å². The van der Waals surface area contributed by atoms with Crippen LogP contribution in [0.25, 0.3) is 0 Å². The molecule has 1 heterocycles. The van der Waals surface area contributed by atoms with Gasteiger partial charge in [0.25, 0.3) is 11.5 Å². The second-order valence-corrected chi connectivity index (χ2v) is 4.55. The number of amides is 1. The summed E-state index contributed by atoms with van der Waals surface area (Å²) in [6.45, 7) is 2.01. The quantitative estimate of drug-likeness (QED) is 0.780. The second kappa shape index (κ2) is 6.16. The molecular formula is C15H16N2O3. The van der Waals surface area contributed by atoms with E-state index in [1.165, 1.54) is 12.3 Å². The number of aromatic nitrogens is 1. The number of hydrogen-bond acceptors (Lipinski definition) is 3. The molecule has 1 aromatic heterocycles. The van der Waals surface area contributed by atoms with Crippen molar-refractivity contribution in [2.75, 3.05) is 6.54 Å². The molecule has 5 heteroatoms. The van der Waals surface area contributed by atoms with Gasteiger partial charge in [-0.25, -0.2) is 0 Å². The minimum absolute atomic E-state index is 0.0311. The first kappa shape index (κ1) is 14.0. The van der Waals surface area contributed by atoms with Crippen LogP contribution in [0.15, 0.2) is 47.4 Å². The molecule has 2 rings (SSSR count). The summed E-state index contributed by atoms with van der Waals surface area (Å²) < 4.78 is 0. The number of hydrogen-bond donors (Lipinski definition) is 3. The zero-order valence-electron chi connectivity index (χ0n) is 11.1. The van der Waals surface area contributed by atoms with Crippen molar-refractivity contribution < 1.29 is 9.90 Å². The van der Waals surface area contributed by atoms with E-state index in [1.54, 1.807) is 6.07 Å². The predicted molar refractivity (Wildman–Crippen MR) is 75.5 cm³/mol. The molecular weight excluding hydrogens is 256 g/mol. The van der Waals surface area contributed by atoms with Gasteiger partial charge in [0, 0.05) is 12.7 Å². The van der Waals surface area contributed by atoms with Crippen LogP contribution in [0.3, 0.4) is 0 Å². The predicted octanol–water partition coefficient (Wildman–Crippen LogP) is 1.15. The molecule has 2 aromatic rings. The number of carbonyl (C=O) groups is 1. The third-order valence-corrected chi connectivity index (χ3v) is 2.98. The van der Waals surface area contributed by atoms with E-state index in [-0.39, 0.29) is 12.1 Å². The average molecular weight is 272 g/mol. The second-order valence-electron chi connectivity index (χ2n) is 4.55. The molecule has 0 saturated heterocycles. The van der Waals surface area contributed by atoms with Crippen LogP contribution < -0.4 is 10.9 Å². The Morgan fingerprint density at radius 2 is 2.00 bits per heavy atom. The number of aliphatic hydroxyl groups excluding tert-OH is 1. The topological polar surface area (TPSA) is 82.2 Å². The van der Waals surface area contributed by atoms with Crippen LogP contribution in [0.1, 0.15) is 27.6 Å². The number of benzene rings is 1. The highest BCUT2D eigenvalue weighted by Gasteiger charge is 2.12. The lowest BCUT2D eigenvalue weighted by atomic mass is 10.1. The Labute approximate surface area is 116 Å². The molecule has 1 aromatic carbocycles. The summed E-state index contributed by atoms with van der Waals surface area (Å²) in [5.74, 6) is -0.502. The Hall–Kier alpha value is -2.40. The fourth-order valence-corrected chi connectivity index (χ4v) is 1.79. The van der Waals surface area contributed by atoms with Gasteiger partial charge in [-0.15, -0.1) is 0 Å². The zero-order valence-corrected chi connectivity index (χ0v) is 11.1. The minimum Gasteiger partial charge on any atom is -0.387 e. The largest absolute Gasteiger partial charge is 0.387 e. The summed E-state index contributed by atoms with van der Waals surface area (Å²) in [6.07, 6.45) is 0.655. The summed E-state index contributed by atoms with van der Waals surface area (Å²) in [5, 5.41) is 12.5. The number of aliphatic hydroxyl groups is 1. The Balaban J connectivity index is 1.98. The van der Waals surface area contributed by atoms with Gasteiger partial charge in [-0.3, -0.25) is 9.59 Å². The van der Waals surface area contributed by atoms with Gasteiger partial charge in [0.1, 0.15) is 5.56 Å². The lowest BCUT2D eigenvalue weighted by Gasteiger charge is -2.12. The summed E-state index contributed by atoms with van der Waals surface area (Å²) >= 11 is 0. The minimum atomic E-state index is -0.803. The molecule has 20 heavy (non-hydrogen) atoms. The highest BCUT2D eigenvalue weighted by molar-refractivity contribution is 5.93. The molecule has 0 bridgehead atoms. The number of nitrogens with one attached hydrogen (secondary N) is 2. The molecule has 1 unspecified atom stereocenters. The molecule has 0 aliphatic carbocycles. The van der Waals surface area contributed by atoms with Crippen molar-refractivity contribution in [2.45, 2.75) is 13.0 Å². The van der Waals surface area contributed by atoms with Gasteiger partial charge in [-0.05, 0) is 24.6 Å². The van der Waals surface area contributed by atoms with Crippen molar-refractivity contribution in [3.05, 3.63) is 69.6 Å². The maximum absolute atomic E-state index is 11.8. The first-order chi connectivity index (χ1) is 9.58. The highest BCUT2D eigenvalue weighted by Crippen LogP contribution is 2.12. The van der Waals surface area contributed by atoms with E-state index in [9.17, 15) is 14.7 Å². The SMILES string of the molecule is Cc1ccc(C(O)CNC(=O)c2ccc[nH]c2=O)cc1. The number of aromatic amines is 1. The van der Waals surface area contributed by atoms with E-state index in [0.717, 1.165) is 11.1 Å². The third kappa shape index (κ3) is 3.33. The number of aryl methyl sites for hydroxylation is 1. The standard InChI is InChI=1S/C15H16N2O3/c1-10-4-6-11(7-5-10)13(18)9-17-15(20)12-3-2-8-16-14(12)19/h2-8,13,18H,9H2,1H3,(H,16,19)(H,17,20). The maximum Gasteiger partial charge on any atom is 0.260 e. The summed E-state index contributed by atoms with van der Waals surface area (Å²) in [4.78, 5) is 25.7. The van der Waals surface area contributed by atoms with Crippen LogP contribution in [0.2, 0.25) is 0 Å². The Morgan fingerprint density at radius 1 is 1.30 bits per heavy atom. The van der Waals surface area contributed by atoms with Gasteiger partial charge in [-0.2, -0.15) is 0 Å². The molecule has 3 N–H and O–H groups in total. The molecule has 0 aliphatic rings. The van der Waals surface area contributed by atoms with E-state index < -0.39 is 17.6 Å². The molecule has 104 valence electrons. The fourth-order valence-electron chi connectivity index (χ4n) is 1.79. The zero-order chi connectivity index (χ0) is 14.5. The first-order valence-electron chi connectivity index (χ1n) is 6.28. The number of H-pyrrole nitrogens is 1. The first-order valence-corrected chi connectivity index (χ1v) is 6.28. The van der Waals surface area contributed by atoms with Gasteiger partial charge in [-0.1, -0.05) is 29.8 Å².